The Hall–Kier alpha value is -3.33. The third-order valence-electron chi connectivity index (χ3n) is 4.39. The summed E-state index contributed by atoms with van der Waals surface area (Å²) in [6, 6.07) is 11.7. The van der Waals surface area contributed by atoms with E-state index in [2.05, 4.69) is 6.08 Å². The highest BCUT2D eigenvalue weighted by Gasteiger charge is 2.22. The van der Waals surface area contributed by atoms with Crippen LogP contribution in [0.2, 0.25) is 0 Å². The van der Waals surface area contributed by atoms with Crippen molar-refractivity contribution in [2.24, 2.45) is 0 Å². The van der Waals surface area contributed by atoms with Gasteiger partial charge in [0, 0.05) is 5.70 Å². The molecule has 1 aromatic carbocycles. The molecule has 0 saturated heterocycles. The van der Waals surface area contributed by atoms with E-state index in [1.54, 1.807) is 17.2 Å². The van der Waals surface area contributed by atoms with E-state index in [0.717, 1.165) is 31.4 Å². The Kier molecular flexibility index (Phi) is 6.06. The van der Waals surface area contributed by atoms with Crippen LogP contribution in [0.25, 0.3) is 0 Å². The van der Waals surface area contributed by atoms with Gasteiger partial charge in [0.1, 0.15) is 5.76 Å². The first kappa shape index (κ1) is 18.5. The highest BCUT2D eigenvalue weighted by Crippen LogP contribution is 2.23. The lowest BCUT2D eigenvalue weighted by atomic mass is 10.0. The molecule has 0 fully saturated rings. The molecule has 0 radical (unpaired) electrons. The van der Waals surface area contributed by atoms with E-state index in [0.29, 0.717) is 23.4 Å². The predicted octanol–water partition coefficient (Wildman–Crippen LogP) is 3.79. The lowest BCUT2D eigenvalue weighted by Gasteiger charge is -2.26. The third kappa shape index (κ3) is 4.85. The third-order valence-corrected chi connectivity index (χ3v) is 4.39. The van der Waals surface area contributed by atoms with Gasteiger partial charge in [0.2, 0.25) is 0 Å². The number of amides is 1. The normalized spacial score (nSPS) is 13.4. The number of furan rings is 1. The molecule has 0 bridgehead atoms. The summed E-state index contributed by atoms with van der Waals surface area (Å²) in [5.74, 6) is -0.210. The number of allylic oxidation sites excluding steroid dienone is 2. The van der Waals surface area contributed by atoms with Crippen LogP contribution in [0.5, 0.6) is 0 Å². The van der Waals surface area contributed by atoms with Gasteiger partial charge in [0.25, 0.3) is 5.91 Å². The second-order valence-corrected chi connectivity index (χ2v) is 6.27. The number of esters is 1. The Bertz CT molecular complexity index is 861. The highest BCUT2D eigenvalue weighted by atomic mass is 16.5. The first-order chi connectivity index (χ1) is 13.2. The molecule has 2 aromatic rings. The summed E-state index contributed by atoms with van der Waals surface area (Å²) in [5, 5.41) is 8.80. The van der Waals surface area contributed by atoms with E-state index in [1.807, 2.05) is 12.1 Å². The second kappa shape index (κ2) is 8.86. The number of ether oxygens (including phenoxy) is 1. The fraction of sp³-hybridized carbons (Fsp3) is 0.286. The van der Waals surface area contributed by atoms with Crippen LogP contribution in [0, 0.1) is 11.3 Å². The largest absolute Gasteiger partial charge is 0.467 e. The van der Waals surface area contributed by atoms with Crippen molar-refractivity contribution in [3.8, 4) is 6.07 Å². The van der Waals surface area contributed by atoms with Crippen molar-refractivity contribution < 1.29 is 18.7 Å². The Balaban J connectivity index is 1.65. The fourth-order valence-electron chi connectivity index (χ4n) is 2.94. The molecule has 1 heterocycles. The average Bonchev–Trinajstić information content (AvgIpc) is 3.24. The lowest BCUT2D eigenvalue weighted by molar-refractivity contribution is -0.133. The number of hydrogen-bond acceptors (Lipinski definition) is 5. The maximum absolute atomic E-state index is 12.7. The van der Waals surface area contributed by atoms with Gasteiger partial charge in [-0.3, -0.25) is 4.79 Å². The molecule has 3 rings (SSSR count). The van der Waals surface area contributed by atoms with E-state index in [9.17, 15) is 9.59 Å². The molecule has 138 valence electrons. The molecule has 0 saturated carbocycles. The minimum atomic E-state index is -0.594. The minimum Gasteiger partial charge on any atom is -0.467 e. The molecule has 0 aliphatic heterocycles. The Morgan fingerprint density at radius 1 is 1.19 bits per heavy atom. The number of hydrogen-bond donors (Lipinski definition) is 0. The lowest BCUT2D eigenvalue weighted by Crippen LogP contribution is -2.34. The number of nitriles is 1. The molecule has 0 atom stereocenters. The van der Waals surface area contributed by atoms with Crippen LogP contribution in [0.1, 0.15) is 47.4 Å². The minimum absolute atomic E-state index is 0.290. The van der Waals surface area contributed by atoms with Crippen molar-refractivity contribution in [1.82, 2.24) is 4.90 Å². The summed E-state index contributed by atoms with van der Waals surface area (Å²) in [5.41, 5.74) is 1.70. The maximum atomic E-state index is 12.7. The zero-order chi connectivity index (χ0) is 19.1. The van der Waals surface area contributed by atoms with Gasteiger partial charge in [0.15, 0.2) is 6.61 Å². The molecule has 27 heavy (non-hydrogen) atoms. The van der Waals surface area contributed by atoms with Crippen molar-refractivity contribution in [2.45, 2.75) is 32.2 Å². The van der Waals surface area contributed by atoms with Gasteiger partial charge in [0.05, 0.1) is 30.0 Å². The Morgan fingerprint density at radius 2 is 2.00 bits per heavy atom. The number of carbonyl (C=O) groups excluding carboxylic acids is 2. The number of benzene rings is 1. The summed E-state index contributed by atoms with van der Waals surface area (Å²) in [6.45, 7) is -0.0387. The zero-order valence-corrected chi connectivity index (χ0v) is 14.9. The van der Waals surface area contributed by atoms with Crippen molar-refractivity contribution >= 4 is 11.9 Å². The van der Waals surface area contributed by atoms with Gasteiger partial charge in [-0.15, -0.1) is 0 Å². The predicted molar refractivity (Wildman–Crippen MR) is 97.2 cm³/mol. The van der Waals surface area contributed by atoms with Crippen LogP contribution in [0.3, 0.4) is 0 Å². The summed E-state index contributed by atoms with van der Waals surface area (Å²) in [6.07, 6.45) is 7.52. The van der Waals surface area contributed by atoms with Crippen LogP contribution >= 0.6 is 0 Å². The van der Waals surface area contributed by atoms with Gasteiger partial charge in [-0.2, -0.15) is 5.26 Å². The summed E-state index contributed by atoms with van der Waals surface area (Å²) >= 11 is 0. The molecule has 1 aliphatic rings. The summed E-state index contributed by atoms with van der Waals surface area (Å²) in [7, 11) is 0. The van der Waals surface area contributed by atoms with E-state index in [-0.39, 0.29) is 12.5 Å². The fourth-order valence-corrected chi connectivity index (χ4v) is 2.94. The summed E-state index contributed by atoms with van der Waals surface area (Å²) in [4.78, 5) is 26.5. The van der Waals surface area contributed by atoms with E-state index in [4.69, 9.17) is 14.4 Å². The second-order valence-electron chi connectivity index (χ2n) is 6.27. The summed E-state index contributed by atoms with van der Waals surface area (Å²) < 4.78 is 10.5. The quantitative estimate of drug-likeness (QED) is 0.728. The molecule has 6 nitrogen and oxygen atoms in total. The van der Waals surface area contributed by atoms with Crippen LogP contribution in [0.4, 0.5) is 0 Å². The van der Waals surface area contributed by atoms with Crippen LogP contribution in [0.15, 0.2) is 58.9 Å². The van der Waals surface area contributed by atoms with Crippen molar-refractivity contribution in [1.29, 1.82) is 5.26 Å². The van der Waals surface area contributed by atoms with Crippen LogP contribution in [-0.2, 0) is 16.1 Å². The monoisotopic (exact) mass is 364 g/mol. The smallest absolute Gasteiger partial charge is 0.338 e. The Morgan fingerprint density at radius 3 is 2.63 bits per heavy atom. The van der Waals surface area contributed by atoms with Crippen LogP contribution < -0.4 is 0 Å². The van der Waals surface area contributed by atoms with Crippen LogP contribution in [-0.4, -0.2) is 23.4 Å². The van der Waals surface area contributed by atoms with Crippen molar-refractivity contribution in [3.05, 3.63) is 71.3 Å². The Labute approximate surface area is 157 Å². The molecule has 1 aromatic heterocycles. The molecular weight excluding hydrogens is 344 g/mol. The molecular formula is C21H20N2O4. The molecule has 0 spiro atoms. The van der Waals surface area contributed by atoms with E-state index >= 15 is 0 Å². The van der Waals surface area contributed by atoms with Crippen molar-refractivity contribution in [2.75, 3.05) is 6.61 Å². The van der Waals surface area contributed by atoms with Gasteiger partial charge in [-0.25, -0.2) is 4.79 Å². The van der Waals surface area contributed by atoms with Gasteiger partial charge >= 0.3 is 5.97 Å². The van der Waals surface area contributed by atoms with Gasteiger partial charge in [-0.05, 0) is 62.1 Å². The number of carbonyl (C=O) groups is 2. The molecule has 1 amide bonds. The number of rotatable bonds is 6. The van der Waals surface area contributed by atoms with Crippen molar-refractivity contribution in [3.63, 3.8) is 0 Å². The van der Waals surface area contributed by atoms with Gasteiger partial charge < -0.3 is 14.1 Å². The molecule has 0 unspecified atom stereocenters. The first-order valence-electron chi connectivity index (χ1n) is 8.86. The average molecular weight is 364 g/mol. The first-order valence-corrected chi connectivity index (χ1v) is 8.86. The molecule has 6 heteroatoms. The molecule has 0 N–H and O–H groups in total. The SMILES string of the molecule is N#Cc1ccc(C(=O)OCC(=O)N(Cc2ccco2)C2=CCCCC2)cc1. The topological polar surface area (TPSA) is 83.5 Å². The van der Waals surface area contributed by atoms with E-state index in [1.165, 1.54) is 24.3 Å². The zero-order valence-electron chi connectivity index (χ0n) is 14.9. The molecule has 1 aliphatic carbocycles. The number of nitrogens with zero attached hydrogens (tertiary/aromatic N) is 2. The van der Waals surface area contributed by atoms with Gasteiger partial charge in [-0.1, -0.05) is 6.08 Å². The highest BCUT2D eigenvalue weighted by molar-refractivity contribution is 5.91. The standard InChI is InChI=1S/C21H20N2O4/c22-13-16-8-10-17(11-9-16)21(25)27-15-20(24)23(14-19-7-4-12-26-19)18-5-2-1-3-6-18/h4-5,7-12H,1-3,6,14-15H2. The van der Waals surface area contributed by atoms with E-state index < -0.39 is 5.97 Å². The maximum Gasteiger partial charge on any atom is 0.338 e.